The van der Waals surface area contributed by atoms with Crippen LogP contribution in [0.2, 0.25) is 0 Å². The molecule has 3 nitrogen and oxygen atoms in total. The van der Waals surface area contributed by atoms with Gasteiger partial charge in [-0.15, -0.1) is 0 Å². The highest BCUT2D eigenvalue weighted by Crippen LogP contribution is 2.10. The van der Waals surface area contributed by atoms with E-state index < -0.39 is 24.6 Å². The number of benzene rings is 1. The zero-order chi connectivity index (χ0) is 11.4. The summed E-state index contributed by atoms with van der Waals surface area (Å²) in [5.41, 5.74) is 0.165. The maximum atomic E-state index is 12.0. The molecule has 0 aromatic heterocycles. The van der Waals surface area contributed by atoms with E-state index >= 15 is 0 Å². The molecule has 80 valence electrons. The van der Waals surface area contributed by atoms with Crippen LogP contribution in [-0.2, 0) is 11.2 Å². The van der Waals surface area contributed by atoms with Crippen molar-refractivity contribution >= 4 is 11.8 Å². The van der Waals surface area contributed by atoms with E-state index in [4.69, 9.17) is 5.11 Å². The lowest BCUT2D eigenvalue weighted by Crippen LogP contribution is -2.13. The van der Waals surface area contributed by atoms with E-state index in [1.165, 1.54) is 24.3 Å². The summed E-state index contributed by atoms with van der Waals surface area (Å²) in [5, 5.41) is 8.41. The second-order valence-electron chi connectivity index (χ2n) is 2.93. The number of hydrogen-bond acceptors (Lipinski definition) is 2. The molecule has 0 amide bonds. The van der Waals surface area contributed by atoms with Crippen LogP contribution in [0.1, 0.15) is 15.9 Å². The molecule has 1 aromatic carbocycles. The lowest BCUT2D eigenvalue weighted by atomic mass is 10.1. The number of ketones is 1. The molecule has 0 aliphatic rings. The number of hydrogen-bond donors (Lipinski definition) is 1. The van der Waals surface area contributed by atoms with Gasteiger partial charge in [0.05, 0.1) is 0 Å². The Kier molecular flexibility index (Phi) is 3.49. The molecule has 0 bridgehead atoms. The molecule has 0 unspecified atom stereocenters. The molecule has 1 N–H and O–H groups in total. The van der Waals surface area contributed by atoms with Gasteiger partial charge in [-0.3, -0.25) is 4.79 Å². The van der Waals surface area contributed by atoms with E-state index in [1.54, 1.807) is 0 Å². The van der Waals surface area contributed by atoms with Gasteiger partial charge in [0.15, 0.2) is 0 Å². The summed E-state index contributed by atoms with van der Waals surface area (Å²) in [6, 6.07) is 5.26. The number of carbonyl (C=O) groups excluding carboxylic acids is 1. The molecule has 0 aliphatic carbocycles. The summed E-state index contributed by atoms with van der Waals surface area (Å²) >= 11 is 0. The second-order valence-corrected chi connectivity index (χ2v) is 2.93. The summed E-state index contributed by atoms with van der Waals surface area (Å²) in [5.74, 6) is -2.68. The smallest absolute Gasteiger partial charge is 0.377 e. The van der Waals surface area contributed by atoms with Crippen LogP contribution in [0.15, 0.2) is 24.3 Å². The molecule has 1 aromatic rings. The minimum atomic E-state index is -2.51. The summed E-state index contributed by atoms with van der Waals surface area (Å²) in [6.07, 6.45) is -3.00. The van der Waals surface area contributed by atoms with E-state index in [0.717, 1.165) is 0 Å². The first-order chi connectivity index (χ1) is 7.00. The van der Waals surface area contributed by atoms with Crippen LogP contribution in [0.5, 0.6) is 0 Å². The average molecular weight is 214 g/mol. The normalized spacial score (nSPS) is 10.3. The molecule has 0 saturated heterocycles. The lowest BCUT2D eigenvalue weighted by Gasteiger charge is -2.01. The van der Waals surface area contributed by atoms with E-state index in [1.807, 2.05) is 0 Å². The van der Waals surface area contributed by atoms with Crippen LogP contribution in [0.3, 0.4) is 0 Å². The average Bonchev–Trinajstić information content (AvgIpc) is 2.16. The first-order valence-corrected chi connectivity index (χ1v) is 4.15. The highest BCUT2D eigenvalue weighted by atomic mass is 19.3. The number of Topliss-reactive ketones (excluding diaryl/α,β-unsaturated/α-hetero) is 1. The summed E-state index contributed by atoms with van der Waals surface area (Å²) in [6.45, 7) is 0. The lowest BCUT2D eigenvalue weighted by molar-refractivity contribution is -0.131. The van der Waals surface area contributed by atoms with Gasteiger partial charge in [0, 0.05) is 12.0 Å². The molecule has 0 heterocycles. The Morgan fingerprint density at radius 1 is 1.33 bits per heavy atom. The Labute approximate surface area is 84.3 Å². The number of alkyl halides is 2. The fourth-order valence-electron chi connectivity index (χ4n) is 1.14. The molecule has 0 aliphatic heterocycles. The molecule has 0 atom stereocenters. The van der Waals surface area contributed by atoms with Crippen LogP contribution in [0, 0.1) is 0 Å². The zero-order valence-corrected chi connectivity index (χ0v) is 7.61. The Hall–Kier alpha value is -1.78. The van der Waals surface area contributed by atoms with Crippen molar-refractivity contribution in [1.29, 1.82) is 0 Å². The molecule has 5 heteroatoms. The topological polar surface area (TPSA) is 54.4 Å². The van der Waals surface area contributed by atoms with Gasteiger partial charge in [-0.25, -0.2) is 13.6 Å². The van der Waals surface area contributed by atoms with Crippen molar-refractivity contribution in [3.8, 4) is 0 Å². The number of carboxylic acids is 1. The van der Waals surface area contributed by atoms with Gasteiger partial charge in [0.25, 0.3) is 5.78 Å². The van der Waals surface area contributed by atoms with E-state index in [2.05, 4.69) is 0 Å². The van der Waals surface area contributed by atoms with Crippen molar-refractivity contribution in [2.45, 2.75) is 12.8 Å². The van der Waals surface area contributed by atoms with Crippen molar-refractivity contribution in [1.82, 2.24) is 0 Å². The number of aliphatic carboxylic acids is 1. The first-order valence-electron chi connectivity index (χ1n) is 4.15. The summed E-state index contributed by atoms with van der Waals surface area (Å²) in [4.78, 5) is 21.3. The van der Waals surface area contributed by atoms with E-state index in [-0.39, 0.29) is 11.1 Å². The molecular weight excluding hydrogens is 206 g/mol. The Morgan fingerprint density at radius 3 is 2.53 bits per heavy atom. The number of carboxylic acid groups (broad SMARTS) is 1. The second kappa shape index (κ2) is 4.63. The molecule has 0 spiro atoms. The van der Waals surface area contributed by atoms with Crippen molar-refractivity contribution in [2.75, 3.05) is 0 Å². The highest BCUT2D eigenvalue weighted by molar-refractivity contribution is 6.39. The number of rotatable bonds is 4. The van der Waals surface area contributed by atoms with Crippen LogP contribution in [-0.4, -0.2) is 23.3 Å². The fraction of sp³-hybridized carbons (Fsp3) is 0.200. The zero-order valence-electron chi connectivity index (χ0n) is 7.61. The van der Waals surface area contributed by atoms with Crippen molar-refractivity contribution < 1.29 is 23.5 Å². The van der Waals surface area contributed by atoms with Crippen LogP contribution in [0.25, 0.3) is 0 Å². The third kappa shape index (κ3) is 3.12. The van der Waals surface area contributed by atoms with Gasteiger partial charge >= 0.3 is 5.97 Å². The Bertz CT molecular complexity index is 388. The van der Waals surface area contributed by atoms with Crippen LogP contribution < -0.4 is 0 Å². The Morgan fingerprint density at radius 2 is 2.00 bits per heavy atom. The van der Waals surface area contributed by atoms with Gasteiger partial charge in [0.2, 0.25) is 6.43 Å². The molecule has 1 rings (SSSR count). The van der Waals surface area contributed by atoms with E-state index in [0.29, 0.717) is 0 Å². The van der Waals surface area contributed by atoms with Gasteiger partial charge in [0.1, 0.15) is 0 Å². The minimum Gasteiger partial charge on any atom is -0.475 e. The van der Waals surface area contributed by atoms with Crippen LogP contribution in [0.4, 0.5) is 8.78 Å². The number of carbonyl (C=O) groups is 2. The third-order valence-corrected chi connectivity index (χ3v) is 1.77. The largest absolute Gasteiger partial charge is 0.475 e. The summed E-state index contributed by atoms with van der Waals surface area (Å²) in [7, 11) is 0. The fourth-order valence-corrected chi connectivity index (χ4v) is 1.14. The van der Waals surface area contributed by atoms with Gasteiger partial charge in [-0.05, 0) is 11.6 Å². The quantitative estimate of drug-likeness (QED) is 0.613. The molecule has 0 saturated carbocycles. The van der Waals surface area contributed by atoms with Gasteiger partial charge < -0.3 is 5.11 Å². The molecule has 0 fully saturated rings. The minimum absolute atomic E-state index is 0.0827. The van der Waals surface area contributed by atoms with Gasteiger partial charge in [-0.2, -0.15) is 0 Å². The van der Waals surface area contributed by atoms with Crippen molar-refractivity contribution in [3.05, 3.63) is 35.4 Å². The highest BCUT2D eigenvalue weighted by Gasteiger charge is 2.15. The Balaban J connectivity index is 2.92. The third-order valence-electron chi connectivity index (χ3n) is 1.77. The van der Waals surface area contributed by atoms with Crippen LogP contribution >= 0.6 is 0 Å². The first kappa shape index (κ1) is 11.3. The monoisotopic (exact) mass is 214 g/mol. The predicted molar refractivity (Wildman–Crippen MR) is 48.1 cm³/mol. The SMILES string of the molecule is O=C(O)C(=O)c1cccc(CC(F)F)c1. The molecular formula is C10H8F2O3. The van der Waals surface area contributed by atoms with Gasteiger partial charge in [-0.1, -0.05) is 18.2 Å². The maximum absolute atomic E-state index is 12.0. The summed E-state index contributed by atoms with van der Waals surface area (Å²) < 4.78 is 24.0. The van der Waals surface area contributed by atoms with Crippen molar-refractivity contribution in [3.63, 3.8) is 0 Å². The van der Waals surface area contributed by atoms with E-state index in [9.17, 15) is 18.4 Å². The maximum Gasteiger partial charge on any atom is 0.377 e. The standard InChI is InChI=1S/C10H8F2O3/c11-8(12)5-6-2-1-3-7(4-6)9(13)10(14)15/h1-4,8H,5H2,(H,14,15). The predicted octanol–water partition coefficient (Wildman–Crippen LogP) is 1.76. The molecule has 0 radical (unpaired) electrons. The molecule has 15 heavy (non-hydrogen) atoms. The van der Waals surface area contributed by atoms with Crippen molar-refractivity contribution in [2.24, 2.45) is 0 Å². The number of halogens is 2.